The van der Waals surface area contributed by atoms with Crippen molar-refractivity contribution in [1.29, 1.82) is 0 Å². The maximum absolute atomic E-state index is 12.8. The van der Waals surface area contributed by atoms with Gasteiger partial charge in [0.25, 0.3) is 5.91 Å². The van der Waals surface area contributed by atoms with E-state index in [1.165, 1.54) is 0 Å². The third kappa shape index (κ3) is 1.65. The van der Waals surface area contributed by atoms with E-state index >= 15 is 0 Å². The molecule has 5 aliphatic rings. The van der Waals surface area contributed by atoms with Crippen molar-refractivity contribution in [1.82, 2.24) is 4.90 Å². The van der Waals surface area contributed by atoms with Crippen LogP contribution in [0.5, 0.6) is 0 Å². The second-order valence-corrected chi connectivity index (χ2v) is 7.41. The number of halogens is 1. The van der Waals surface area contributed by atoms with E-state index in [2.05, 4.69) is 12.2 Å². The summed E-state index contributed by atoms with van der Waals surface area (Å²) in [6.45, 7) is 0. The number of rotatable bonds is 1. The van der Waals surface area contributed by atoms with Crippen LogP contribution in [0.2, 0.25) is 5.02 Å². The van der Waals surface area contributed by atoms with Crippen LogP contribution in [0.25, 0.3) is 0 Å². The molecule has 2 bridgehead atoms. The Hall–Kier alpha value is -1.94. The number of imide groups is 3. The minimum atomic E-state index is -0.529. The molecule has 0 unspecified atom stereocenters. The lowest BCUT2D eigenvalue weighted by Crippen LogP contribution is -2.40. The summed E-state index contributed by atoms with van der Waals surface area (Å²) in [6.07, 6.45) is 5.31. The fourth-order valence-corrected chi connectivity index (χ4v) is 5.00. The molecular formula is C18H14ClNO3. The summed E-state index contributed by atoms with van der Waals surface area (Å²) in [4.78, 5) is 39.2. The molecule has 116 valence electrons. The molecule has 0 N–H and O–H groups in total. The predicted octanol–water partition coefficient (Wildman–Crippen LogP) is 2.53. The molecule has 0 radical (unpaired) electrons. The Bertz CT molecular complexity index is 748. The highest BCUT2D eigenvalue weighted by atomic mass is 35.5. The van der Waals surface area contributed by atoms with Gasteiger partial charge >= 0.3 is 0 Å². The number of benzene rings is 1. The summed E-state index contributed by atoms with van der Waals surface area (Å²) in [6, 6.07) is 6.29. The first-order valence-corrected chi connectivity index (χ1v) is 8.32. The van der Waals surface area contributed by atoms with Gasteiger partial charge in [-0.3, -0.25) is 14.4 Å². The van der Waals surface area contributed by atoms with Gasteiger partial charge in [0.15, 0.2) is 0 Å². The van der Waals surface area contributed by atoms with Crippen LogP contribution in [0.15, 0.2) is 36.4 Å². The predicted molar refractivity (Wildman–Crippen MR) is 82.3 cm³/mol. The summed E-state index contributed by atoms with van der Waals surface area (Å²) in [5, 5.41) is 0.511. The van der Waals surface area contributed by atoms with Crippen molar-refractivity contribution < 1.29 is 14.4 Å². The van der Waals surface area contributed by atoms with E-state index in [4.69, 9.17) is 11.6 Å². The highest BCUT2D eigenvalue weighted by Gasteiger charge is 2.67. The quantitative estimate of drug-likeness (QED) is 0.588. The molecule has 6 atom stereocenters. The molecule has 1 heterocycles. The molecule has 3 fully saturated rings. The zero-order valence-electron chi connectivity index (χ0n) is 12.2. The number of amides is 3. The Morgan fingerprint density at radius 3 is 2.00 bits per heavy atom. The van der Waals surface area contributed by atoms with Gasteiger partial charge in [0.05, 0.1) is 11.8 Å². The molecule has 1 aromatic carbocycles. The van der Waals surface area contributed by atoms with Gasteiger partial charge in [0, 0.05) is 10.6 Å². The molecule has 3 amide bonds. The van der Waals surface area contributed by atoms with Gasteiger partial charge in [-0.05, 0) is 54.4 Å². The van der Waals surface area contributed by atoms with E-state index in [9.17, 15) is 14.4 Å². The standard InChI is InChI=1S/C18H14ClNO3/c19-9-3-1-8(2-4-9)16(21)20-17(22)14-10-5-6-11(13-7-12(10)13)15(14)18(20)23/h1-6,10-15H,7H2/t10-,11-,12-,13+,14+,15+/m0/s1. The highest BCUT2D eigenvalue weighted by molar-refractivity contribution is 6.30. The van der Waals surface area contributed by atoms with E-state index in [1.807, 2.05) is 0 Å². The summed E-state index contributed by atoms with van der Waals surface area (Å²) in [5.74, 6) is -0.491. The van der Waals surface area contributed by atoms with Gasteiger partial charge in [0.2, 0.25) is 11.8 Å². The molecular weight excluding hydrogens is 314 g/mol. The maximum Gasteiger partial charge on any atom is 0.267 e. The monoisotopic (exact) mass is 327 g/mol. The fourth-order valence-electron chi connectivity index (χ4n) is 4.88. The Morgan fingerprint density at radius 2 is 1.48 bits per heavy atom. The Balaban J connectivity index is 1.52. The van der Waals surface area contributed by atoms with Gasteiger partial charge in [-0.15, -0.1) is 0 Å². The number of hydrogen-bond acceptors (Lipinski definition) is 3. The maximum atomic E-state index is 12.8. The third-order valence-corrected chi connectivity index (χ3v) is 6.21. The van der Waals surface area contributed by atoms with Gasteiger partial charge in [0.1, 0.15) is 0 Å². The molecule has 1 aliphatic heterocycles. The number of nitrogens with zero attached hydrogens (tertiary/aromatic N) is 1. The first-order valence-electron chi connectivity index (χ1n) is 7.94. The SMILES string of the molecule is O=C(c1ccc(Cl)cc1)N1C(=O)[C@@H]2[C@H]3C=C[C@@H]([C@@H]4C[C@H]34)[C@H]2C1=O. The van der Waals surface area contributed by atoms with E-state index in [1.54, 1.807) is 24.3 Å². The zero-order chi connectivity index (χ0) is 15.9. The second-order valence-electron chi connectivity index (χ2n) is 6.98. The average molecular weight is 328 g/mol. The molecule has 5 heteroatoms. The van der Waals surface area contributed by atoms with Gasteiger partial charge in [-0.2, -0.15) is 0 Å². The molecule has 4 aliphatic carbocycles. The number of carbonyl (C=O) groups excluding carboxylic acids is 3. The summed E-state index contributed by atoms with van der Waals surface area (Å²) < 4.78 is 0. The van der Waals surface area contributed by atoms with Crippen molar-refractivity contribution >= 4 is 29.3 Å². The molecule has 0 spiro atoms. The van der Waals surface area contributed by atoms with Crippen molar-refractivity contribution in [2.75, 3.05) is 0 Å². The second kappa shape index (κ2) is 4.32. The van der Waals surface area contributed by atoms with Crippen LogP contribution < -0.4 is 0 Å². The van der Waals surface area contributed by atoms with Crippen molar-refractivity contribution in [3.8, 4) is 0 Å². The number of carbonyl (C=O) groups is 3. The molecule has 0 aromatic heterocycles. The molecule has 4 nitrogen and oxygen atoms in total. The van der Waals surface area contributed by atoms with Crippen LogP contribution in [0.4, 0.5) is 0 Å². The fraction of sp³-hybridized carbons (Fsp3) is 0.389. The topological polar surface area (TPSA) is 54.5 Å². The van der Waals surface area contributed by atoms with E-state index in [0.29, 0.717) is 22.4 Å². The van der Waals surface area contributed by atoms with E-state index in [0.717, 1.165) is 11.3 Å². The molecule has 1 aromatic rings. The van der Waals surface area contributed by atoms with Crippen LogP contribution in [-0.2, 0) is 9.59 Å². The minimum absolute atomic E-state index is 0.134. The number of hydrogen-bond donors (Lipinski definition) is 0. The average Bonchev–Trinajstić information content (AvgIpc) is 3.32. The normalized spacial score (nSPS) is 39.4. The molecule has 2 saturated carbocycles. The van der Waals surface area contributed by atoms with Crippen LogP contribution >= 0.6 is 11.6 Å². The van der Waals surface area contributed by atoms with Crippen molar-refractivity contribution in [2.45, 2.75) is 6.42 Å². The first kappa shape index (κ1) is 13.5. The van der Waals surface area contributed by atoms with Crippen molar-refractivity contribution in [3.05, 3.63) is 47.0 Å². The van der Waals surface area contributed by atoms with Gasteiger partial charge < -0.3 is 0 Å². The highest BCUT2D eigenvalue weighted by Crippen LogP contribution is 2.65. The first-order chi connectivity index (χ1) is 11.1. The molecule has 1 saturated heterocycles. The van der Waals surface area contributed by atoms with Gasteiger partial charge in [-0.25, -0.2) is 4.90 Å². The van der Waals surface area contributed by atoms with Crippen LogP contribution in [0.3, 0.4) is 0 Å². The smallest absolute Gasteiger partial charge is 0.267 e. The summed E-state index contributed by atoms with van der Waals surface area (Å²) >= 11 is 5.83. The number of likely N-dealkylation sites (tertiary alicyclic amines) is 1. The molecule has 6 rings (SSSR count). The summed E-state index contributed by atoms with van der Waals surface area (Å²) in [5.41, 5.74) is 0.320. The largest absolute Gasteiger partial charge is 0.274 e. The Kier molecular flexibility index (Phi) is 2.54. The van der Waals surface area contributed by atoms with Crippen molar-refractivity contribution in [3.63, 3.8) is 0 Å². The van der Waals surface area contributed by atoms with Crippen LogP contribution in [0, 0.1) is 35.5 Å². The minimum Gasteiger partial charge on any atom is -0.274 e. The van der Waals surface area contributed by atoms with E-state index < -0.39 is 5.91 Å². The lowest BCUT2D eigenvalue weighted by molar-refractivity contribution is -0.136. The lowest BCUT2D eigenvalue weighted by Gasteiger charge is -2.37. The Morgan fingerprint density at radius 1 is 0.957 bits per heavy atom. The van der Waals surface area contributed by atoms with Gasteiger partial charge in [-0.1, -0.05) is 23.8 Å². The van der Waals surface area contributed by atoms with Crippen LogP contribution in [0.1, 0.15) is 16.8 Å². The third-order valence-electron chi connectivity index (χ3n) is 5.96. The molecule has 23 heavy (non-hydrogen) atoms. The van der Waals surface area contributed by atoms with Crippen LogP contribution in [-0.4, -0.2) is 22.6 Å². The van der Waals surface area contributed by atoms with E-state index in [-0.39, 0.29) is 35.5 Å². The van der Waals surface area contributed by atoms with Crippen molar-refractivity contribution in [2.24, 2.45) is 35.5 Å². The number of allylic oxidation sites excluding steroid dienone is 2. The summed E-state index contributed by atoms with van der Waals surface area (Å²) in [7, 11) is 0. The Labute approximate surface area is 138 Å². The zero-order valence-corrected chi connectivity index (χ0v) is 12.9. The lowest BCUT2D eigenvalue weighted by atomic mass is 9.63.